The summed E-state index contributed by atoms with van der Waals surface area (Å²) in [6, 6.07) is 10.9. The van der Waals surface area contributed by atoms with Crippen molar-refractivity contribution in [1.82, 2.24) is 4.57 Å². The molecule has 0 spiro atoms. The molecular formula is C20H18FNO4. The predicted octanol–water partition coefficient (Wildman–Crippen LogP) is 3.93. The van der Waals surface area contributed by atoms with E-state index in [1.807, 2.05) is 24.5 Å². The number of nitrogens with zero attached hydrogens (tertiary/aromatic N) is 1. The van der Waals surface area contributed by atoms with Gasteiger partial charge in [0.25, 0.3) is 0 Å². The largest absolute Gasteiger partial charge is 0.467 e. The number of carbonyl (C=O) groups is 2. The number of hydrogen-bond acceptors (Lipinski definition) is 4. The zero-order valence-corrected chi connectivity index (χ0v) is 14.5. The number of aryl methyl sites for hydroxylation is 1. The van der Waals surface area contributed by atoms with Crippen molar-refractivity contribution >= 4 is 11.8 Å². The molecule has 2 heterocycles. The van der Waals surface area contributed by atoms with Crippen molar-refractivity contribution in [1.29, 1.82) is 0 Å². The SMILES string of the molecule is Cc1cc(C(=O)COC(=O)c2ccccc2F)c(C)n1Cc1ccco1. The fourth-order valence-electron chi connectivity index (χ4n) is 2.80. The quantitative estimate of drug-likeness (QED) is 0.497. The molecular weight excluding hydrogens is 337 g/mol. The Hall–Kier alpha value is -3.15. The highest BCUT2D eigenvalue weighted by Crippen LogP contribution is 2.18. The van der Waals surface area contributed by atoms with Crippen LogP contribution in [-0.4, -0.2) is 22.9 Å². The third-order valence-corrected chi connectivity index (χ3v) is 4.20. The molecule has 0 saturated heterocycles. The number of aromatic nitrogens is 1. The van der Waals surface area contributed by atoms with Gasteiger partial charge in [0.05, 0.1) is 18.4 Å². The molecule has 0 atom stereocenters. The number of furan rings is 1. The van der Waals surface area contributed by atoms with Crippen molar-refractivity contribution in [2.24, 2.45) is 0 Å². The minimum absolute atomic E-state index is 0.191. The van der Waals surface area contributed by atoms with E-state index >= 15 is 0 Å². The van der Waals surface area contributed by atoms with Gasteiger partial charge in [-0.2, -0.15) is 0 Å². The molecule has 0 unspecified atom stereocenters. The van der Waals surface area contributed by atoms with Crippen molar-refractivity contribution in [3.63, 3.8) is 0 Å². The van der Waals surface area contributed by atoms with Crippen molar-refractivity contribution in [2.75, 3.05) is 6.61 Å². The number of hydrogen-bond donors (Lipinski definition) is 0. The van der Waals surface area contributed by atoms with Gasteiger partial charge in [-0.15, -0.1) is 0 Å². The van der Waals surface area contributed by atoms with Crippen molar-refractivity contribution in [2.45, 2.75) is 20.4 Å². The van der Waals surface area contributed by atoms with Gasteiger partial charge < -0.3 is 13.7 Å². The fourth-order valence-corrected chi connectivity index (χ4v) is 2.80. The van der Waals surface area contributed by atoms with E-state index in [9.17, 15) is 14.0 Å². The van der Waals surface area contributed by atoms with Gasteiger partial charge in [-0.1, -0.05) is 12.1 Å². The highest BCUT2D eigenvalue weighted by molar-refractivity contribution is 6.00. The first-order valence-corrected chi connectivity index (χ1v) is 8.11. The van der Waals surface area contributed by atoms with E-state index in [-0.39, 0.29) is 11.3 Å². The monoisotopic (exact) mass is 355 g/mol. The Labute approximate surface area is 150 Å². The van der Waals surface area contributed by atoms with Gasteiger partial charge in [0.2, 0.25) is 5.78 Å². The molecule has 0 amide bonds. The number of carbonyl (C=O) groups excluding carboxylic acids is 2. The van der Waals surface area contributed by atoms with Crippen LogP contribution in [0.25, 0.3) is 0 Å². The van der Waals surface area contributed by atoms with E-state index in [2.05, 4.69) is 0 Å². The highest BCUT2D eigenvalue weighted by Gasteiger charge is 2.19. The van der Waals surface area contributed by atoms with Crippen LogP contribution in [0.4, 0.5) is 4.39 Å². The maximum atomic E-state index is 13.6. The summed E-state index contributed by atoms with van der Waals surface area (Å²) in [5, 5.41) is 0. The summed E-state index contributed by atoms with van der Waals surface area (Å²) in [5.74, 6) is -1.10. The Balaban J connectivity index is 1.70. The minimum atomic E-state index is -0.860. The zero-order valence-electron chi connectivity index (χ0n) is 14.5. The Morgan fingerprint density at radius 3 is 2.58 bits per heavy atom. The Kier molecular flexibility index (Phi) is 5.02. The molecule has 134 valence electrons. The van der Waals surface area contributed by atoms with Gasteiger partial charge in [-0.05, 0) is 44.2 Å². The second-order valence-electron chi connectivity index (χ2n) is 5.93. The molecule has 0 aliphatic heterocycles. The van der Waals surface area contributed by atoms with Gasteiger partial charge >= 0.3 is 5.97 Å². The molecule has 1 aromatic carbocycles. The van der Waals surface area contributed by atoms with Crippen LogP contribution in [0.5, 0.6) is 0 Å². The summed E-state index contributed by atoms with van der Waals surface area (Å²) in [7, 11) is 0. The molecule has 0 aliphatic rings. The number of ketones is 1. The predicted molar refractivity (Wildman–Crippen MR) is 92.7 cm³/mol. The van der Waals surface area contributed by atoms with Crippen LogP contribution < -0.4 is 0 Å². The maximum Gasteiger partial charge on any atom is 0.341 e. The van der Waals surface area contributed by atoms with Crippen LogP contribution in [-0.2, 0) is 11.3 Å². The molecule has 2 aromatic heterocycles. The number of ether oxygens (including phenoxy) is 1. The minimum Gasteiger partial charge on any atom is -0.467 e. The first-order chi connectivity index (χ1) is 12.5. The summed E-state index contributed by atoms with van der Waals surface area (Å²) in [4.78, 5) is 24.4. The van der Waals surface area contributed by atoms with Gasteiger partial charge in [-0.3, -0.25) is 4.79 Å². The summed E-state index contributed by atoms with van der Waals surface area (Å²) in [5.41, 5.74) is 1.92. The summed E-state index contributed by atoms with van der Waals surface area (Å²) in [6.07, 6.45) is 1.59. The lowest BCUT2D eigenvalue weighted by molar-refractivity contribution is 0.0470. The Morgan fingerprint density at radius 2 is 1.88 bits per heavy atom. The lowest BCUT2D eigenvalue weighted by Gasteiger charge is -2.08. The number of benzene rings is 1. The molecule has 26 heavy (non-hydrogen) atoms. The Morgan fingerprint density at radius 1 is 1.12 bits per heavy atom. The molecule has 5 nitrogen and oxygen atoms in total. The summed E-state index contributed by atoms with van der Waals surface area (Å²) in [6.45, 7) is 3.77. The van der Waals surface area contributed by atoms with Crippen molar-refractivity contribution < 1.29 is 23.1 Å². The first kappa shape index (κ1) is 17.7. The van der Waals surface area contributed by atoms with E-state index in [0.717, 1.165) is 17.1 Å². The molecule has 0 fully saturated rings. The standard InChI is InChI=1S/C20H18FNO4/c1-13-10-17(14(2)22(13)11-15-6-5-9-25-15)19(23)12-26-20(24)16-7-3-4-8-18(16)21/h3-10H,11-12H2,1-2H3. The molecule has 0 aliphatic carbocycles. The van der Waals surface area contributed by atoms with Gasteiger partial charge in [0.15, 0.2) is 6.61 Å². The average molecular weight is 355 g/mol. The molecule has 3 rings (SSSR count). The average Bonchev–Trinajstić information content (AvgIpc) is 3.23. The van der Waals surface area contributed by atoms with E-state index in [0.29, 0.717) is 12.1 Å². The number of Topliss-reactive ketones (excluding diaryl/α,β-unsaturated/α-hetero) is 1. The maximum absolute atomic E-state index is 13.6. The van der Waals surface area contributed by atoms with Crippen LogP contribution >= 0.6 is 0 Å². The lowest BCUT2D eigenvalue weighted by atomic mass is 10.1. The van der Waals surface area contributed by atoms with Gasteiger partial charge in [-0.25, -0.2) is 9.18 Å². The molecule has 0 N–H and O–H groups in total. The number of esters is 1. The van der Waals surface area contributed by atoms with Crippen LogP contribution in [0.3, 0.4) is 0 Å². The van der Waals surface area contributed by atoms with Crippen LogP contribution in [0.1, 0.15) is 37.9 Å². The van der Waals surface area contributed by atoms with E-state index < -0.39 is 18.4 Å². The smallest absolute Gasteiger partial charge is 0.341 e. The fraction of sp³-hybridized carbons (Fsp3) is 0.200. The topological polar surface area (TPSA) is 61.4 Å². The van der Waals surface area contributed by atoms with E-state index in [4.69, 9.17) is 9.15 Å². The zero-order chi connectivity index (χ0) is 18.7. The molecule has 0 saturated carbocycles. The second-order valence-corrected chi connectivity index (χ2v) is 5.93. The number of rotatable bonds is 6. The molecule has 0 radical (unpaired) electrons. The van der Waals surface area contributed by atoms with E-state index in [1.54, 1.807) is 18.4 Å². The van der Waals surface area contributed by atoms with Crippen LogP contribution in [0.15, 0.2) is 53.1 Å². The third kappa shape index (κ3) is 3.59. The third-order valence-electron chi connectivity index (χ3n) is 4.20. The molecule has 0 bridgehead atoms. The summed E-state index contributed by atoms with van der Waals surface area (Å²) >= 11 is 0. The molecule has 6 heteroatoms. The van der Waals surface area contributed by atoms with Crippen molar-refractivity contribution in [3.05, 3.63) is 82.8 Å². The second kappa shape index (κ2) is 7.39. The highest BCUT2D eigenvalue weighted by atomic mass is 19.1. The van der Waals surface area contributed by atoms with E-state index in [1.165, 1.54) is 24.3 Å². The van der Waals surface area contributed by atoms with Crippen LogP contribution in [0, 0.1) is 19.7 Å². The number of halogens is 1. The molecule has 3 aromatic rings. The Bertz CT molecular complexity index is 941. The lowest BCUT2D eigenvalue weighted by Crippen LogP contribution is -2.16. The summed E-state index contributed by atoms with van der Waals surface area (Å²) < 4.78 is 25.9. The van der Waals surface area contributed by atoms with Crippen LogP contribution in [0.2, 0.25) is 0 Å². The van der Waals surface area contributed by atoms with Gasteiger partial charge in [0, 0.05) is 17.0 Å². The first-order valence-electron chi connectivity index (χ1n) is 8.11. The van der Waals surface area contributed by atoms with Gasteiger partial charge in [0.1, 0.15) is 11.6 Å². The van der Waals surface area contributed by atoms with Crippen molar-refractivity contribution in [3.8, 4) is 0 Å². The normalized spacial score (nSPS) is 10.7.